The van der Waals surface area contributed by atoms with Crippen LogP contribution in [-0.2, 0) is 0 Å². The molecule has 2 aromatic rings. The molecule has 0 amide bonds. The molecular formula is C12H8BrCl2N3S. The predicted molar refractivity (Wildman–Crippen MR) is 88.2 cm³/mol. The molecule has 0 aliphatic rings. The lowest BCUT2D eigenvalue weighted by Crippen LogP contribution is -2.19. The summed E-state index contributed by atoms with van der Waals surface area (Å²) in [5.74, 6) is 0.638. The number of aromatic nitrogens is 1. The molecule has 1 heterocycles. The van der Waals surface area contributed by atoms with Crippen molar-refractivity contribution in [2.45, 2.75) is 0 Å². The number of nitrogens with zero attached hydrogens (tertiary/aromatic N) is 1. The molecular weight excluding hydrogens is 369 g/mol. The Morgan fingerprint density at radius 1 is 1.16 bits per heavy atom. The van der Waals surface area contributed by atoms with Gasteiger partial charge in [-0.2, -0.15) is 0 Å². The van der Waals surface area contributed by atoms with Gasteiger partial charge in [0, 0.05) is 10.7 Å². The average Bonchev–Trinajstić information content (AvgIpc) is 2.38. The monoisotopic (exact) mass is 375 g/mol. The normalized spacial score (nSPS) is 10.1. The minimum absolute atomic E-state index is 0.388. The number of halogens is 3. The summed E-state index contributed by atoms with van der Waals surface area (Å²) in [5, 5.41) is 7.20. The molecule has 0 bridgehead atoms. The zero-order valence-corrected chi connectivity index (χ0v) is 13.4. The Hall–Kier alpha value is -0.880. The number of anilines is 2. The Balaban J connectivity index is 2.05. The Kier molecular flexibility index (Phi) is 4.99. The van der Waals surface area contributed by atoms with Crippen LogP contribution in [0.4, 0.5) is 11.5 Å². The predicted octanol–water partition coefficient (Wildman–Crippen LogP) is 4.96. The van der Waals surface area contributed by atoms with Gasteiger partial charge in [0.2, 0.25) is 0 Å². The first kappa shape index (κ1) is 14.5. The minimum atomic E-state index is 0.388. The first-order valence-electron chi connectivity index (χ1n) is 5.20. The molecule has 0 saturated carbocycles. The van der Waals surface area contributed by atoms with Gasteiger partial charge in [0.25, 0.3) is 0 Å². The summed E-state index contributed by atoms with van der Waals surface area (Å²) in [6, 6.07) is 8.96. The molecule has 2 rings (SSSR count). The van der Waals surface area contributed by atoms with E-state index in [1.807, 2.05) is 6.07 Å². The molecule has 98 valence electrons. The molecule has 0 aliphatic carbocycles. The summed E-state index contributed by atoms with van der Waals surface area (Å²) in [6.45, 7) is 0. The van der Waals surface area contributed by atoms with E-state index in [0.717, 1.165) is 4.47 Å². The average molecular weight is 377 g/mol. The minimum Gasteiger partial charge on any atom is -0.331 e. The van der Waals surface area contributed by atoms with E-state index in [4.69, 9.17) is 35.4 Å². The van der Waals surface area contributed by atoms with Gasteiger partial charge >= 0.3 is 0 Å². The van der Waals surface area contributed by atoms with E-state index in [9.17, 15) is 0 Å². The molecule has 19 heavy (non-hydrogen) atoms. The van der Waals surface area contributed by atoms with Crippen molar-refractivity contribution in [2.24, 2.45) is 0 Å². The summed E-state index contributed by atoms with van der Waals surface area (Å²) in [5.41, 5.74) is 0.642. The lowest BCUT2D eigenvalue weighted by molar-refractivity contribution is 1.31. The first-order valence-corrected chi connectivity index (χ1v) is 7.15. The van der Waals surface area contributed by atoms with Crippen molar-refractivity contribution in [3.63, 3.8) is 0 Å². The number of thiocarbonyl (C=S) groups is 1. The maximum absolute atomic E-state index is 6.06. The van der Waals surface area contributed by atoms with Crippen LogP contribution in [0.2, 0.25) is 10.0 Å². The largest absolute Gasteiger partial charge is 0.331 e. The standard InChI is InChI=1S/C12H8BrCl2N3S/c13-7-4-5-10(16-6-7)18-12(19)17-9-3-1-2-8(14)11(9)15/h1-6H,(H2,16,17,18,19). The van der Waals surface area contributed by atoms with E-state index in [2.05, 4.69) is 31.5 Å². The van der Waals surface area contributed by atoms with E-state index in [1.165, 1.54) is 0 Å². The number of hydrogen-bond acceptors (Lipinski definition) is 2. The molecule has 2 N–H and O–H groups in total. The number of benzene rings is 1. The second kappa shape index (κ2) is 6.52. The Labute approximate surface area is 134 Å². The molecule has 0 fully saturated rings. The van der Waals surface area contributed by atoms with Crippen molar-refractivity contribution in [1.82, 2.24) is 4.98 Å². The zero-order valence-electron chi connectivity index (χ0n) is 9.45. The third-order valence-corrected chi connectivity index (χ3v) is 3.66. The molecule has 0 saturated heterocycles. The summed E-state index contributed by atoms with van der Waals surface area (Å²) in [6.07, 6.45) is 1.68. The molecule has 1 aromatic carbocycles. The molecule has 0 spiro atoms. The maximum atomic E-state index is 6.06. The molecule has 0 atom stereocenters. The number of pyridine rings is 1. The van der Waals surface area contributed by atoms with Gasteiger partial charge in [-0.05, 0) is 52.4 Å². The summed E-state index contributed by atoms with van der Waals surface area (Å²) < 4.78 is 0.898. The van der Waals surface area contributed by atoms with Gasteiger partial charge in [-0.15, -0.1) is 0 Å². The highest BCUT2D eigenvalue weighted by atomic mass is 79.9. The molecule has 0 unspecified atom stereocenters. The lowest BCUT2D eigenvalue weighted by atomic mass is 10.3. The third-order valence-electron chi connectivity index (χ3n) is 2.17. The fourth-order valence-corrected chi connectivity index (χ4v) is 2.12. The third kappa shape index (κ3) is 4.04. The summed E-state index contributed by atoms with van der Waals surface area (Å²) in [4.78, 5) is 4.16. The van der Waals surface area contributed by atoms with E-state index < -0.39 is 0 Å². The van der Waals surface area contributed by atoms with Crippen molar-refractivity contribution in [1.29, 1.82) is 0 Å². The zero-order chi connectivity index (χ0) is 13.8. The van der Waals surface area contributed by atoms with Crippen molar-refractivity contribution in [3.8, 4) is 0 Å². The SMILES string of the molecule is S=C(Nc1ccc(Br)cn1)Nc1cccc(Cl)c1Cl. The van der Waals surface area contributed by atoms with Crippen LogP contribution in [0.15, 0.2) is 41.0 Å². The Morgan fingerprint density at radius 3 is 2.63 bits per heavy atom. The van der Waals surface area contributed by atoms with E-state index in [0.29, 0.717) is 26.7 Å². The lowest BCUT2D eigenvalue weighted by Gasteiger charge is -2.11. The number of nitrogens with one attached hydrogen (secondary N) is 2. The van der Waals surface area contributed by atoms with Crippen LogP contribution in [0.1, 0.15) is 0 Å². The second-order valence-corrected chi connectivity index (χ2v) is 5.65. The topological polar surface area (TPSA) is 37.0 Å². The molecule has 0 aliphatic heterocycles. The van der Waals surface area contributed by atoms with Crippen LogP contribution in [-0.4, -0.2) is 10.1 Å². The van der Waals surface area contributed by atoms with Crippen LogP contribution < -0.4 is 10.6 Å². The van der Waals surface area contributed by atoms with Crippen LogP contribution in [0.3, 0.4) is 0 Å². The molecule has 7 heteroatoms. The smallest absolute Gasteiger partial charge is 0.176 e. The van der Waals surface area contributed by atoms with Gasteiger partial charge in [-0.3, -0.25) is 0 Å². The highest BCUT2D eigenvalue weighted by Crippen LogP contribution is 2.29. The summed E-state index contributed by atoms with van der Waals surface area (Å²) >= 11 is 20.5. The Bertz CT molecular complexity index is 604. The van der Waals surface area contributed by atoms with E-state index in [1.54, 1.807) is 30.5 Å². The number of hydrogen-bond donors (Lipinski definition) is 2. The molecule has 3 nitrogen and oxygen atoms in total. The quantitative estimate of drug-likeness (QED) is 0.726. The first-order chi connectivity index (χ1) is 9.06. The van der Waals surface area contributed by atoms with Crippen molar-refractivity contribution in [3.05, 3.63) is 51.0 Å². The van der Waals surface area contributed by atoms with Gasteiger partial charge in [0.05, 0.1) is 15.7 Å². The van der Waals surface area contributed by atoms with Gasteiger partial charge in [0.15, 0.2) is 5.11 Å². The highest BCUT2D eigenvalue weighted by Gasteiger charge is 2.06. The fourth-order valence-electron chi connectivity index (χ4n) is 1.32. The van der Waals surface area contributed by atoms with Gasteiger partial charge in [0.1, 0.15) is 5.82 Å². The Morgan fingerprint density at radius 2 is 1.95 bits per heavy atom. The van der Waals surface area contributed by atoms with Crippen molar-refractivity contribution < 1.29 is 0 Å². The van der Waals surface area contributed by atoms with Crippen molar-refractivity contribution in [2.75, 3.05) is 10.6 Å². The van der Waals surface area contributed by atoms with Crippen molar-refractivity contribution >= 4 is 68.0 Å². The van der Waals surface area contributed by atoms with E-state index in [-0.39, 0.29) is 0 Å². The van der Waals surface area contributed by atoms with Crippen LogP contribution in [0.5, 0.6) is 0 Å². The highest BCUT2D eigenvalue weighted by molar-refractivity contribution is 9.10. The number of rotatable bonds is 2. The van der Waals surface area contributed by atoms with Crippen LogP contribution >= 0.6 is 51.3 Å². The molecule has 1 aromatic heterocycles. The van der Waals surface area contributed by atoms with Gasteiger partial charge in [-0.25, -0.2) is 4.98 Å². The van der Waals surface area contributed by atoms with Gasteiger partial charge in [-0.1, -0.05) is 29.3 Å². The van der Waals surface area contributed by atoms with Crippen LogP contribution in [0.25, 0.3) is 0 Å². The molecule has 0 radical (unpaired) electrons. The summed E-state index contributed by atoms with van der Waals surface area (Å²) in [7, 11) is 0. The van der Waals surface area contributed by atoms with E-state index >= 15 is 0 Å². The van der Waals surface area contributed by atoms with Gasteiger partial charge < -0.3 is 10.6 Å². The van der Waals surface area contributed by atoms with Crippen LogP contribution in [0, 0.1) is 0 Å². The maximum Gasteiger partial charge on any atom is 0.176 e. The second-order valence-electron chi connectivity index (χ2n) is 3.54. The fraction of sp³-hybridized carbons (Fsp3) is 0.